The van der Waals surface area contributed by atoms with Gasteiger partial charge in [0.1, 0.15) is 17.7 Å². The van der Waals surface area contributed by atoms with Crippen molar-refractivity contribution in [2.45, 2.75) is 26.4 Å². The summed E-state index contributed by atoms with van der Waals surface area (Å²) in [5.41, 5.74) is 0.910. The van der Waals surface area contributed by atoms with Crippen LogP contribution in [0.5, 0.6) is 0 Å². The lowest BCUT2D eigenvalue weighted by atomic mass is 10.0. The number of hydrogen-bond acceptors (Lipinski definition) is 2. The predicted octanol–water partition coefficient (Wildman–Crippen LogP) is 3.43. The Morgan fingerprint density at radius 1 is 1.00 bits per heavy atom. The Morgan fingerprint density at radius 3 is 2.19 bits per heavy atom. The molecule has 5 nitrogen and oxygen atoms in total. The number of hydrogen-bond donors (Lipinski definition) is 3. The van der Waals surface area contributed by atoms with Gasteiger partial charge in [-0.15, -0.1) is 0 Å². The van der Waals surface area contributed by atoms with Gasteiger partial charge in [0, 0.05) is 18.3 Å². The standard InChI is InChI=1S/C19H21F2N3O2/c1-12(2)17(18(25)23-16-9-14(20)8-15(21)10-16)24-19(26)22-11-13-6-4-3-5-7-13/h3-10,12,17H,11H2,1-2H3,(H,23,25)(H2,22,24,26). The van der Waals surface area contributed by atoms with Gasteiger partial charge in [-0.2, -0.15) is 0 Å². The van der Waals surface area contributed by atoms with E-state index in [1.54, 1.807) is 13.8 Å². The number of benzene rings is 2. The van der Waals surface area contributed by atoms with E-state index in [4.69, 9.17) is 0 Å². The molecule has 0 radical (unpaired) electrons. The van der Waals surface area contributed by atoms with Crippen molar-refractivity contribution in [1.29, 1.82) is 0 Å². The Hall–Kier alpha value is -2.96. The smallest absolute Gasteiger partial charge is 0.315 e. The summed E-state index contributed by atoms with van der Waals surface area (Å²) in [4.78, 5) is 24.5. The van der Waals surface area contributed by atoms with Crippen LogP contribution in [0.2, 0.25) is 0 Å². The summed E-state index contributed by atoms with van der Waals surface area (Å²) in [7, 11) is 0. The van der Waals surface area contributed by atoms with Crippen molar-refractivity contribution in [2.24, 2.45) is 5.92 Å². The van der Waals surface area contributed by atoms with Crippen LogP contribution in [0, 0.1) is 17.6 Å². The first kappa shape index (κ1) is 19.4. The van der Waals surface area contributed by atoms with Gasteiger partial charge in [-0.3, -0.25) is 4.79 Å². The van der Waals surface area contributed by atoms with Crippen molar-refractivity contribution in [3.05, 3.63) is 65.7 Å². The van der Waals surface area contributed by atoms with Crippen molar-refractivity contribution >= 4 is 17.6 Å². The summed E-state index contributed by atoms with van der Waals surface area (Å²) in [5, 5.41) is 7.68. The maximum Gasteiger partial charge on any atom is 0.315 e. The van der Waals surface area contributed by atoms with Crippen molar-refractivity contribution in [1.82, 2.24) is 10.6 Å². The van der Waals surface area contributed by atoms with Gasteiger partial charge in [-0.1, -0.05) is 44.2 Å². The van der Waals surface area contributed by atoms with Gasteiger partial charge in [-0.05, 0) is 23.6 Å². The molecule has 26 heavy (non-hydrogen) atoms. The van der Waals surface area contributed by atoms with E-state index in [9.17, 15) is 18.4 Å². The molecule has 3 amide bonds. The Morgan fingerprint density at radius 2 is 1.62 bits per heavy atom. The molecule has 1 atom stereocenters. The highest BCUT2D eigenvalue weighted by Gasteiger charge is 2.24. The summed E-state index contributed by atoms with van der Waals surface area (Å²) in [6, 6.07) is 10.7. The minimum absolute atomic E-state index is 0.00959. The monoisotopic (exact) mass is 361 g/mol. The van der Waals surface area contributed by atoms with Crippen molar-refractivity contribution in [3.8, 4) is 0 Å². The van der Waals surface area contributed by atoms with Crippen molar-refractivity contribution in [2.75, 3.05) is 5.32 Å². The van der Waals surface area contributed by atoms with Gasteiger partial charge in [0.05, 0.1) is 0 Å². The molecule has 0 bridgehead atoms. The number of carbonyl (C=O) groups excluding carboxylic acids is 2. The molecule has 1 unspecified atom stereocenters. The second-order valence-electron chi connectivity index (χ2n) is 6.18. The van der Waals surface area contributed by atoms with Crippen molar-refractivity contribution < 1.29 is 18.4 Å². The summed E-state index contributed by atoms with van der Waals surface area (Å²) >= 11 is 0. The molecule has 0 saturated heterocycles. The molecule has 0 aliphatic carbocycles. The fourth-order valence-corrected chi connectivity index (χ4v) is 2.35. The van der Waals surface area contributed by atoms with Crippen LogP contribution in [0.1, 0.15) is 19.4 Å². The molecule has 2 aromatic rings. The average molecular weight is 361 g/mol. The second-order valence-corrected chi connectivity index (χ2v) is 6.18. The molecule has 2 rings (SSSR count). The van der Waals surface area contributed by atoms with E-state index in [1.807, 2.05) is 30.3 Å². The Kier molecular flexibility index (Phi) is 6.66. The third-order valence-electron chi connectivity index (χ3n) is 3.66. The minimum Gasteiger partial charge on any atom is -0.334 e. The molecule has 0 saturated carbocycles. The van der Waals surface area contributed by atoms with E-state index in [0.717, 1.165) is 17.7 Å². The van der Waals surface area contributed by atoms with E-state index in [-0.39, 0.29) is 11.6 Å². The fraction of sp³-hybridized carbons (Fsp3) is 0.263. The molecule has 0 aromatic heterocycles. The number of amides is 3. The fourth-order valence-electron chi connectivity index (χ4n) is 2.35. The third-order valence-corrected chi connectivity index (χ3v) is 3.66. The number of carbonyl (C=O) groups is 2. The summed E-state index contributed by atoms with van der Waals surface area (Å²) in [5.74, 6) is -2.37. The zero-order valence-electron chi connectivity index (χ0n) is 14.6. The third kappa shape index (κ3) is 5.84. The van der Waals surface area contributed by atoms with Gasteiger partial charge in [0.15, 0.2) is 0 Å². The lowest BCUT2D eigenvalue weighted by Gasteiger charge is -2.22. The van der Waals surface area contributed by atoms with E-state index >= 15 is 0 Å². The van der Waals surface area contributed by atoms with Gasteiger partial charge in [-0.25, -0.2) is 13.6 Å². The molecule has 0 heterocycles. The van der Waals surface area contributed by atoms with Crippen LogP contribution < -0.4 is 16.0 Å². The van der Waals surface area contributed by atoms with Crippen LogP contribution in [-0.2, 0) is 11.3 Å². The van der Waals surface area contributed by atoms with E-state index in [1.165, 1.54) is 0 Å². The normalized spacial score (nSPS) is 11.7. The largest absolute Gasteiger partial charge is 0.334 e. The summed E-state index contributed by atoms with van der Waals surface area (Å²) in [6.07, 6.45) is 0. The molecular formula is C19H21F2N3O2. The SMILES string of the molecule is CC(C)C(NC(=O)NCc1ccccc1)C(=O)Nc1cc(F)cc(F)c1. The molecular weight excluding hydrogens is 340 g/mol. The highest BCUT2D eigenvalue weighted by molar-refractivity contribution is 5.97. The van der Waals surface area contributed by atoms with Crippen LogP contribution >= 0.6 is 0 Å². The van der Waals surface area contributed by atoms with Gasteiger partial charge >= 0.3 is 6.03 Å². The molecule has 0 aliphatic rings. The molecule has 3 N–H and O–H groups in total. The lowest BCUT2D eigenvalue weighted by molar-refractivity contribution is -0.118. The minimum atomic E-state index is -0.864. The maximum atomic E-state index is 13.2. The lowest BCUT2D eigenvalue weighted by Crippen LogP contribution is -2.50. The van der Waals surface area contributed by atoms with Gasteiger partial charge in [0.25, 0.3) is 0 Å². The average Bonchev–Trinajstić information content (AvgIpc) is 2.57. The van der Waals surface area contributed by atoms with Crippen molar-refractivity contribution in [3.63, 3.8) is 0 Å². The highest BCUT2D eigenvalue weighted by atomic mass is 19.1. The van der Waals surface area contributed by atoms with E-state index < -0.39 is 29.6 Å². The molecule has 0 spiro atoms. The van der Waals surface area contributed by atoms with Crippen LogP contribution in [-0.4, -0.2) is 18.0 Å². The maximum absolute atomic E-state index is 13.2. The number of nitrogens with one attached hydrogen (secondary N) is 3. The molecule has 0 aliphatic heterocycles. The molecule has 138 valence electrons. The molecule has 0 fully saturated rings. The van der Waals surface area contributed by atoms with E-state index in [2.05, 4.69) is 16.0 Å². The Balaban J connectivity index is 1.96. The van der Waals surface area contributed by atoms with Crippen LogP contribution in [0.25, 0.3) is 0 Å². The van der Waals surface area contributed by atoms with Gasteiger partial charge in [0.2, 0.25) is 5.91 Å². The van der Waals surface area contributed by atoms with Crippen LogP contribution in [0.3, 0.4) is 0 Å². The Labute approximate surface area is 150 Å². The number of urea groups is 1. The molecule has 7 heteroatoms. The number of halogens is 2. The number of rotatable bonds is 6. The highest BCUT2D eigenvalue weighted by Crippen LogP contribution is 2.14. The van der Waals surface area contributed by atoms with Crippen LogP contribution in [0.15, 0.2) is 48.5 Å². The van der Waals surface area contributed by atoms with Gasteiger partial charge < -0.3 is 16.0 Å². The predicted molar refractivity (Wildman–Crippen MR) is 95.4 cm³/mol. The quantitative estimate of drug-likeness (QED) is 0.738. The topological polar surface area (TPSA) is 70.2 Å². The second kappa shape index (κ2) is 8.94. The summed E-state index contributed by atoms with van der Waals surface area (Å²) < 4.78 is 26.5. The Bertz CT molecular complexity index is 746. The number of anilines is 1. The first-order chi connectivity index (χ1) is 12.3. The first-order valence-electron chi connectivity index (χ1n) is 8.20. The zero-order valence-corrected chi connectivity index (χ0v) is 14.6. The first-order valence-corrected chi connectivity index (χ1v) is 8.20. The van der Waals surface area contributed by atoms with Crippen LogP contribution in [0.4, 0.5) is 19.3 Å². The summed E-state index contributed by atoms with van der Waals surface area (Å²) in [6.45, 7) is 3.83. The van der Waals surface area contributed by atoms with E-state index in [0.29, 0.717) is 12.6 Å². The molecule has 2 aromatic carbocycles. The zero-order chi connectivity index (χ0) is 19.1.